The first-order valence-corrected chi connectivity index (χ1v) is 7.47. The van der Waals surface area contributed by atoms with E-state index >= 15 is 0 Å². The summed E-state index contributed by atoms with van der Waals surface area (Å²) < 4.78 is 11.3. The van der Waals surface area contributed by atoms with Crippen LogP contribution in [-0.4, -0.2) is 13.2 Å². The average Bonchev–Trinajstić information content (AvgIpc) is 2.51. The van der Waals surface area contributed by atoms with Crippen LogP contribution in [0.25, 0.3) is 0 Å². The van der Waals surface area contributed by atoms with Crippen LogP contribution in [0.15, 0.2) is 42.5 Å². The molecule has 114 valence electrons. The van der Waals surface area contributed by atoms with Gasteiger partial charge in [-0.05, 0) is 48.2 Å². The first-order valence-electron chi connectivity index (χ1n) is 7.47. The zero-order valence-corrected chi connectivity index (χ0v) is 13.3. The molecule has 0 saturated heterocycles. The van der Waals surface area contributed by atoms with E-state index in [2.05, 4.69) is 39.0 Å². The third kappa shape index (κ3) is 4.02. The fourth-order valence-corrected chi connectivity index (χ4v) is 2.38. The third-order valence-electron chi connectivity index (χ3n) is 3.48. The van der Waals surface area contributed by atoms with Crippen LogP contribution >= 0.6 is 0 Å². The first kappa shape index (κ1) is 15.9. The zero-order chi connectivity index (χ0) is 15.9. The maximum absolute atomic E-state index is 8.99. The van der Waals surface area contributed by atoms with E-state index in [0.29, 0.717) is 30.4 Å². The van der Waals surface area contributed by atoms with Gasteiger partial charge >= 0.3 is 0 Å². The van der Waals surface area contributed by atoms with E-state index in [1.165, 1.54) is 11.1 Å². The Kier molecular flexibility index (Phi) is 5.43. The van der Waals surface area contributed by atoms with Gasteiger partial charge in [-0.3, -0.25) is 0 Å². The van der Waals surface area contributed by atoms with Gasteiger partial charge < -0.3 is 9.47 Å². The van der Waals surface area contributed by atoms with E-state index in [0.717, 1.165) is 5.75 Å². The highest BCUT2D eigenvalue weighted by molar-refractivity contribution is 5.42. The Hall–Kier alpha value is -2.47. The Balaban J connectivity index is 1.87. The molecule has 0 fully saturated rings. The zero-order valence-electron chi connectivity index (χ0n) is 13.3. The van der Waals surface area contributed by atoms with Crippen LogP contribution in [0.5, 0.6) is 11.5 Å². The van der Waals surface area contributed by atoms with Crippen LogP contribution in [0.3, 0.4) is 0 Å². The molecular formula is C19H21NO2. The summed E-state index contributed by atoms with van der Waals surface area (Å²) in [5.41, 5.74) is 3.12. The normalized spacial score (nSPS) is 10.3. The minimum Gasteiger partial charge on any atom is -0.490 e. The van der Waals surface area contributed by atoms with Crippen LogP contribution in [0.4, 0.5) is 0 Å². The second-order valence-corrected chi connectivity index (χ2v) is 5.48. The molecule has 2 aromatic rings. The Morgan fingerprint density at radius 3 is 2.45 bits per heavy atom. The van der Waals surface area contributed by atoms with Gasteiger partial charge in [-0.15, -0.1) is 0 Å². The minimum atomic E-state index is 0.406. The highest BCUT2D eigenvalue weighted by atomic mass is 16.5. The number of ether oxygens (including phenoxy) is 2. The van der Waals surface area contributed by atoms with Gasteiger partial charge in [0.1, 0.15) is 30.8 Å². The molecule has 0 aromatic heterocycles. The van der Waals surface area contributed by atoms with Crippen LogP contribution in [0, 0.1) is 18.3 Å². The summed E-state index contributed by atoms with van der Waals surface area (Å²) in [6.07, 6.45) is 0. The predicted molar refractivity (Wildman–Crippen MR) is 87.4 cm³/mol. The van der Waals surface area contributed by atoms with Crippen molar-refractivity contribution in [3.8, 4) is 17.6 Å². The summed E-state index contributed by atoms with van der Waals surface area (Å²) in [6, 6.07) is 15.5. The van der Waals surface area contributed by atoms with Crippen LogP contribution in [-0.2, 0) is 0 Å². The maximum atomic E-state index is 8.99. The molecule has 0 saturated carbocycles. The molecule has 0 atom stereocenters. The molecule has 22 heavy (non-hydrogen) atoms. The van der Waals surface area contributed by atoms with E-state index in [-0.39, 0.29) is 0 Å². The molecule has 3 heteroatoms. The molecule has 2 aromatic carbocycles. The SMILES string of the molecule is Cc1cc(OCCOc2ccccc2C#N)ccc1C(C)C. The lowest BCUT2D eigenvalue weighted by Gasteiger charge is -2.13. The third-order valence-corrected chi connectivity index (χ3v) is 3.48. The van der Waals surface area contributed by atoms with E-state index in [9.17, 15) is 0 Å². The second kappa shape index (κ2) is 7.51. The quantitative estimate of drug-likeness (QED) is 0.739. The number of para-hydroxylation sites is 1. The lowest BCUT2D eigenvalue weighted by molar-refractivity contribution is 0.216. The van der Waals surface area contributed by atoms with Crippen molar-refractivity contribution in [3.05, 3.63) is 59.2 Å². The van der Waals surface area contributed by atoms with Crippen molar-refractivity contribution in [3.63, 3.8) is 0 Å². The van der Waals surface area contributed by atoms with Gasteiger partial charge in [0.15, 0.2) is 0 Å². The predicted octanol–water partition coefficient (Wildman–Crippen LogP) is 4.45. The fraction of sp³-hybridized carbons (Fsp3) is 0.316. The number of nitrogens with zero attached hydrogens (tertiary/aromatic N) is 1. The molecular weight excluding hydrogens is 274 g/mol. The van der Waals surface area contributed by atoms with Crippen molar-refractivity contribution in [1.82, 2.24) is 0 Å². The highest BCUT2D eigenvalue weighted by Crippen LogP contribution is 2.23. The van der Waals surface area contributed by atoms with Gasteiger partial charge in [0.05, 0.1) is 5.56 Å². The summed E-state index contributed by atoms with van der Waals surface area (Å²) in [4.78, 5) is 0. The van der Waals surface area contributed by atoms with E-state index in [1.54, 1.807) is 12.1 Å². The van der Waals surface area contributed by atoms with Gasteiger partial charge in [0, 0.05) is 0 Å². The molecule has 0 aliphatic carbocycles. The number of aryl methyl sites for hydroxylation is 1. The Labute approximate surface area is 132 Å². The van der Waals surface area contributed by atoms with Crippen molar-refractivity contribution >= 4 is 0 Å². The van der Waals surface area contributed by atoms with Crippen LogP contribution < -0.4 is 9.47 Å². The lowest BCUT2D eigenvalue weighted by Crippen LogP contribution is -2.09. The molecule has 3 nitrogen and oxygen atoms in total. The van der Waals surface area contributed by atoms with Crippen molar-refractivity contribution < 1.29 is 9.47 Å². The molecule has 0 unspecified atom stereocenters. The topological polar surface area (TPSA) is 42.2 Å². The monoisotopic (exact) mass is 295 g/mol. The molecule has 0 amide bonds. The van der Waals surface area contributed by atoms with Crippen LogP contribution in [0.1, 0.15) is 36.5 Å². The summed E-state index contributed by atoms with van der Waals surface area (Å²) >= 11 is 0. The average molecular weight is 295 g/mol. The number of hydrogen-bond donors (Lipinski definition) is 0. The van der Waals surface area contributed by atoms with Gasteiger partial charge in [-0.2, -0.15) is 5.26 Å². The number of benzene rings is 2. The molecule has 0 aliphatic heterocycles. The molecule has 2 rings (SSSR count). The summed E-state index contributed by atoms with van der Waals surface area (Å²) in [5, 5.41) is 8.99. The first-order chi connectivity index (χ1) is 10.6. The summed E-state index contributed by atoms with van der Waals surface area (Å²) in [7, 11) is 0. The van der Waals surface area contributed by atoms with E-state index < -0.39 is 0 Å². The number of nitriles is 1. The minimum absolute atomic E-state index is 0.406. The Morgan fingerprint density at radius 1 is 1.05 bits per heavy atom. The molecule has 0 radical (unpaired) electrons. The van der Waals surface area contributed by atoms with Crippen molar-refractivity contribution in [2.75, 3.05) is 13.2 Å². The molecule has 0 aliphatic rings. The lowest BCUT2D eigenvalue weighted by atomic mass is 9.98. The van der Waals surface area contributed by atoms with Gasteiger partial charge in [-0.1, -0.05) is 32.0 Å². The molecule has 0 heterocycles. The second-order valence-electron chi connectivity index (χ2n) is 5.48. The smallest absolute Gasteiger partial charge is 0.137 e. The fourth-order valence-electron chi connectivity index (χ4n) is 2.38. The largest absolute Gasteiger partial charge is 0.490 e. The highest BCUT2D eigenvalue weighted by Gasteiger charge is 2.05. The standard InChI is InChI=1S/C19H21NO2/c1-14(2)18-9-8-17(12-15(18)3)21-10-11-22-19-7-5-4-6-16(19)13-20/h4-9,12,14H,10-11H2,1-3H3. The van der Waals surface area contributed by atoms with Crippen molar-refractivity contribution in [2.24, 2.45) is 0 Å². The summed E-state index contributed by atoms with van der Waals surface area (Å²) in [6.45, 7) is 7.32. The van der Waals surface area contributed by atoms with E-state index in [4.69, 9.17) is 14.7 Å². The molecule has 0 N–H and O–H groups in total. The molecule has 0 spiro atoms. The number of rotatable bonds is 6. The van der Waals surface area contributed by atoms with Gasteiger partial charge in [0.25, 0.3) is 0 Å². The van der Waals surface area contributed by atoms with Gasteiger partial charge in [0.2, 0.25) is 0 Å². The van der Waals surface area contributed by atoms with Crippen molar-refractivity contribution in [2.45, 2.75) is 26.7 Å². The Bertz CT molecular complexity index is 671. The summed E-state index contributed by atoms with van der Waals surface area (Å²) in [5.74, 6) is 1.96. The van der Waals surface area contributed by atoms with Crippen molar-refractivity contribution in [1.29, 1.82) is 5.26 Å². The Morgan fingerprint density at radius 2 is 1.77 bits per heavy atom. The van der Waals surface area contributed by atoms with Gasteiger partial charge in [-0.25, -0.2) is 0 Å². The molecule has 0 bridgehead atoms. The number of hydrogen-bond acceptors (Lipinski definition) is 3. The van der Waals surface area contributed by atoms with Crippen LogP contribution in [0.2, 0.25) is 0 Å². The maximum Gasteiger partial charge on any atom is 0.137 e. The van der Waals surface area contributed by atoms with E-state index in [1.807, 2.05) is 18.2 Å².